The predicted octanol–water partition coefficient (Wildman–Crippen LogP) is 1.96. The summed E-state index contributed by atoms with van der Waals surface area (Å²) in [7, 11) is 1.63. The van der Waals surface area contributed by atoms with Gasteiger partial charge in [-0.25, -0.2) is 0 Å². The molecule has 0 bridgehead atoms. The average molecular weight is 285 g/mol. The van der Waals surface area contributed by atoms with Crippen LogP contribution in [0.2, 0.25) is 0 Å². The SMILES string of the molecule is COCC(C)OCC(O)CNC(C)c1cc(C)oc1C. The average Bonchev–Trinajstić information content (AvgIpc) is 2.73. The van der Waals surface area contributed by atoms with E-state index in [-0.39, 0.29) is 12.1 Å². The first-order valence-electron chi connectivity index (χ1n) is 7.03. The minimum Gasteiger partial charge on any atom is -0.466 e. The minimum atomic E-state index is -0.537. The van der Waals surface area contributed by atoms with Gasteiger partial charge in [-0.1, -0.05) is 0 Å². The van der Waals surface area contributed by atoms with Crippen LogP contribution in [0.15, 0.2) is 10.5 Å². The highest BCUT2D eigenvalue weighted by molar-refractivity contribution is 5.23. The van der Waals surface area contributed by atoms with Crippen molar-refractivity contribution >= 4 is 0 Å². The number of furan rings is 1. The molecule has 0 spiro atoms. The van der Waals surface area contributed by atoms with E-state index < -0.39 is 6.10 Å². The number of nitrogens with one attached hydrogen (secondary N) is 1. The maximum atomic E-state index is 9.88. The molecule has 1 aromatic rings. The molecule has 5 heteroatoms. The van der Waals surface area contributed by atoms with E-state index in [0.717, 1.165) is 17.1 Å². The van der Waals surface area contributed by atoms with Crippen molar-refractivity contribution in [2.45, 2.75) is 45.9 Å². The lowest BCUT2D eigenvalue weighted by atomic mass is 10.1. The maximum absolute atomic E-state index is 9.88. The van der Waals surface area contributed by atoms with Crippen molar-refractivity contribution in [3.05, 3.63) is 23.2 Å². The monoisotopic (exact) mass is 285 g/mol. The molecule has 0 aromatic carbocycles. The standard InChI is InChI=1S/C15H27NO4/c1-10-6-15(13(4)20-10)12(3)16-7-14(17)9-19-11(2)8-18-5/h6,11-12,14,16-17H,7-9H2,1-5H3. The summed E-state index contributed by atoms with van der Waals surface area (Å²) < 4.78 is 16.0. The van der Waals surface area contributed by atoms with E-state index in [1.807, 2.05) is 26.8 Å². The van der Waals surface area contributed by atoms with Crippen LogP contribution in [0.1, 0.15) is 37.0 Å². The lowest BCUT2D eigenvalue weighted by molar-refractivity contribution is -0.0315. The summed E-state index contributed by atoms with van der Waals surface area (Å²) in [5, 5.41) is 13.2. The molecule has 2 N–H and O–H groups in total. The summed E-state index contributed by atoms with van der Waals surface area (Å²) in [5.41, 5.74) is 1.13. The third-order valence-electron chi connectivity index (χ3n) is 3.18. The molecule has 3 unspecified atom stereocenters. The summed E-state index contributed by atoms with van der Waals surface area (Å²) in [4.78, 5) is 0. The van der Waals surface area contributed by atoms with Gasteiger partial charge in [0.1, 0.15) is 11.5 Å². The Morgan fingerprint density at radius 3 is 2.55 bits per heavy atom. The van der Waals surface area contributed by atoms with E-state index in [4.69, 9.17) is 13.9 Å². The first-order chi connectivity index (χ1) is 9.43. The fraction of sp³-hybridized carbons (Fsp3) is 0.733. The van der Waals surface area contributed by atoms with Gasteiger partial charge in [0.05, 0.1) is 25.4 Å². The minimum absolute atomic E-state index is 0.00848. The molecule has 0 saturated heterocycles. The Bertz CT molecular complexity index is 391. The lowest BCUT2D eigenvalue weighted by Gasteiger charge is -2.19. The molecule has 0 aliphatic carbocycles. The van der Waals surface area contributed by atoms with Crippen LogP contribution in [0.5, 0.6) is 0 Å². The second kappa shape index (κ2) is 8.42. The molecule has 0 aliphatic heterocycles. The molecule has 0 aliphatic rings. The van der Waals surface area contributed by atoms with Gasteiger partial charge in [0.25, 0.3) is 0 Å². The van der Waals surface area contributed by atoms with Gasteiger partial charge < -0.3 is 24.3 Å². The first-order valence-corrected chi connectivity index (χ1v) is 7.03. The molecule has 5 nitrogen and oxygen atoms in total. The van der Waals surface area contributed by atoms with Crippen LogP contribution in [-0.2, 0) is 9.47 Å². The number of methoxy groups -OCH3 is 1. The lowest BCUT2D eigenvalue weighted by Crippen LogP contribution is -2.33. The zero-order valence-corrected chi connectivity index (χ0v) is 13.1. The quantitative estimate of drug-likeness (QED) is 0.726. The molecule has 1 heterocycles. The number of aryl methyl sites for hydroxylation is 2. The zero-order valence-electron chi connectivity index (χ0n) is 13.1. The highest BCUT2D eigenvalue weighted by atomic mass is 16.5. The second-order valence-corrected chi connectivity index (χ2v) is 5.25. The first kappa shape index (κ1) is 17.2. The van der Waals surface area contributed by atoms with Crippen molar-refractivity contribution in [3.8, 4) is 0 Å². The predicted molar refractivity (Wildman–Crippen MR) is 77.9 cm³/mol. The molecule has 0 radical (unpaired) electrons. The maximum Gasteiger partial charge on any atom is 0.105 e. The normalized spacial score (nSPS) is 16.1. The smallest absolute Gasteiger partial charge is 0.105 e. The molecule has 0 amide bonds. The Balaban J connectivity index is 2.30. The third-order valence-corrected chi connectivity index (χ3v) is 3.18. The van der Waals surface area contributed by atoms with Gasteiger partial charge in [-0.3, -0.25) is 0 Å². The van der Waals surface area contributed by atoms with Gasteiger partial charge in [-0.2, -0.15) is 0 Å². The Kier molecular flexibility index (Phi) is 7.23. The van der Waals surface area contributed by atoms with E-state index in [2.05, 4.69) is 12.2 Å². The largest absolute Gasteiger partial charge is 0.466 e. The molecule has 3 atom stereocenters. The number of aliphatic hydroxyl groups is 1. The van der Waals surface area contributed by atoms with E-state index in [1.54, 1.807) is 7.11 Å². The summed E-state index contributed by atoms with van der Waals surface area (Å²) in [5.74, 6) is 1.82. The molecule has 0 saturated carbocycles. The van der Waals surface area contributed by atoms with E-state index in [9.17, 15) is 5.11 Å². The van der Waals surface area contributed by atoms with Gasteiger partial charge >= 0.3 is 0 Å². The van der Waals surface area contributed by atoms with Gasteiger partial charge in [-0.15, -0.1) is 0 Å². The van der Waals surface area contributed by atoms with Gasteiger partial charge in [0, 0.05) is 25.3 Å². The Labute approximate surface area is 121 Å². The van der Waals surface area contributed by atoms with Crippen LogP contribution in [0.4, 0.5) is 0 Å². The molecule has 116 valence electrons. The number of hydrogen-bond donors (Lipinski definition) is 2. The second-order valence-electron chi connectivity index (χ2n) is 5.25. The van der Waals surface area contributed by atoms with E-state index >= 15 is 0 Å². The van der Waals surface area contributed by atoms with Gasteiger partial charge in [0.15, 0.2) is 0 Å². The van der Waals surface area contributed by atoms with Gasteiger partial charge in [0.2, 0.25) is 0 Å². The highest BCUT2D eigenvalue weighted by Gasteiger charge is 2.14. The Hall–Kier alpha value is -0.880. The van der Waals surface area contributed by atoms with Crippen molar-refractivity contribution in [3.63, 3.8) is 0 Å². The third kappa shape index (κ3) is 5.63. The van der Waals surface area contributed by atoms with Crippen molar-refractivity contribution < 1.29 is 19.0 Å². The van der Waals surface area contributed by atoms with Crippen LogP contribution in [0.3, 0.4) is 0 Å². The Morgan fingerprint density at radius 2 is 2.00 bits per heavy atom. The fourth-order valence-electron chi connectivity index (χ4n) is 2.12. The molecular weight excluding hydrogens is 258 g/mol. The molecule has 1 rings (SSSR count). The zero-order chi connectivity index (χ0) is 15.1. The van der Waals surface area contributed by atoms with Crippen molar-refractivity contribution in [2.75, 3.05) is 26.9 Å². The van der Waals surface area contributed by atoms with Crippen LogP contribution in [0.25, 0.3) is 0 Å². The number of rotatable bonds is 9. The van der Waals surface area contributed by atoms with E-state index in [1.165, 1.54) is 0 Å². The Morgan fingerprint density at radius 1 is 1.30 bits per heavy atom. The van der Waals surface area contributed by atoms with E-state index in [0.29, 0.717) is 19.8 Å². The molecule has 0 fully saturated rings. The summed E-state index contributed by atoms with van der Waals surface area (Å²) in [6, 6.07) is 2.16. The van der Waals surface area contributed by atoms with Crippen molar-refractivity contribution in [1.82, 2.24) is 5.32 Å². The molecule has 20 heavy (non-hydrogen) atoms. The molecule has 1 aromatic heterocycles. The van der Waals surface area contributed by atoms with Crippen LogP contribution >= 0.6 is 0 Å². The van der Waals surface area contributed by atoms with Gasteiger partial charge in [-0.05, 0) is 33.8 Å². The summed E-state index contributed by atoms with van der Waals surface area (Å²) in [6.45, 7) is 9.17. The summed E-state index contributed by atoms with van der Waals surface area (Å²) >= 11 is 0. The number of hydrogen-bond acceptors (Lipinski definition) is 5. The number of ether oxygens (including phenoxy) is 2. The van der Waals surface area contributed by atoms with Crippen LogP contribution < -0.4 is 5.32 Å². The fourth-order valence-corrected chi connectivity index (χ4v) is 2.12. The van der Waals surface area contributed by atoms with Crippen molar-refractivity contribution in [1.29, 1.82) is 0 Å². The van der Waals surface area contributed by atoms with Crippen LogP contribution in [0, 0.1) is 13.8 Å². The van der Waals surface area contributed by atoms with Crippen molar-refractivity contribution in [2.24, 2.45) is 0 Å². The molecular formula is C15H27NO4. The van der Waals surface area contributed by atoms with Crippen LogP contribution in [-0.4, -0.2) is 44.2 Å². The topological polar surface area (TPSA) is 63.9 Å². The summed E-state index contributed by atoms with van der Waals surface area (Å²) in [6.07, 6.45) is -0.545. The number of aliphatic hydroxyl groups excluding tert-OH is 1. The highest BCUT2D eigenvalue weighted by Crippen LogP contribution is 2.20.